The zero-order valence-electron chi connectivity index (χ0n) is 13.1. The molecule has 1 amide bonds. The minimum Gasteiger partial charge on any atom is -0.494 e. The maximum absolute atomic E-state index is 12.2. The van der Waals surface area contributed by atoms with E-state index in [1.54, 1.807) is 50.4 Å². The predicted molar refractivity (Wildman–Crippen MR) is 89.1 cm³/mol. The smallest absolute Gasteiger partial charge is 0.251 e. The molecule has 1 aromatic heterocycles. The molecule has 2 rings (SSSR count). The van der Waals surface area contributed by atoms with E-state index in [-0.39, 0.29) is 5.91 Å². The van der Waals surface area contributed by atoms with Crippen molar-refractivity contribution in [1.82, 2.24) is 10.2 Å². The van der Waals surface area contributed by atoms with Crippen LogP contribution in [0.2, 0.25) is 0 Å². The normalized spacial score (nSPS) is 12.8. The van der Waals surface area contributed by atoms with Crippen molar-refractivity contribution in [3.63, 3.8) is 0 Å². The van der Waals surface area contributed by atoms with Crippen LogP contribution in [0, 0.1) is 0 Å². The fourth-order valence-corrected chi connectivity index (χ4v) is 1.90. The molecule has 0 aliphatic carbocycles. The van der Waals surface area contributed by atoms with Gasteiger partial charge in [-0.2, -0.15) is 5.10 Å². The van der Waals surface area contributed by atoms with Gasteiger partial charge in [-0.25, -0.2) is 0 Å². The van der Waals surface area contributed by atoms with Crippen molar-refractivity contribution in [3.05, 3.63) is 42.1 Å². The van der Waals surface area contributed by atoms with E-state index in [1.165, 1.54) is 7.11 Å². The number of methoxy groups -OCH3 is 1. The molecular formula is C16H18N4O3. The third kappa shape index (κ3) is 3.97. The number of amides is 1. The van der Waals surface area contributed by atoms with Crippen LogP contribution in [0.15, 0.2) is 47.3 Å². The van der Waals surface area contributed by atoms with Crippen molar-refractivity contribution in [2.45, 2.75) is 13.8 Å². The van der Waals surface area contributed by atoms with E-state index in [4.69, 9.17) is 9.94 Å². The third-order valence-corrected chi connectivity index (χ3v) is 3.21. The first-order valence-electron chi connectivity index (χ1n) is 6.91. The zero-order chi connectivity index (χ0) is 16.8. The van der Waals surface area contributed by atoms with Gasteiger partial charge in [-0.1, -0.05) is 17.3 Å². The highest BCUT2D eigenvalue weighted by Gasteiger charge is 2.11. The van der Waals surface area contributed by atoms with Gasteiger partial charge in [-0.05, 0) is 26.0 Å². The number of aromatic amines is 1. The lowest BCUT2D eigenvalue weighted by Crippen LogP contribution is -2.13. The summed E-state index contributed by atoms with van der Waals surface area (Å²) in [7, 11) is 1.54. The highest BCUT2D eigenvalue weighted by atomic mass is 16.5. The number of allylic oxidation sites excluding steroid dienone is 3. The van der Waals surface area contributed by atoms with Crippen molar-refractivity contribution in [3.8, 4) is 5.75 Å². The minimum absolute atomic E-state index is 0.255. The zero-order valence-corrected chi connectivity index (χ0v) is 13.1. The number of anilines is 1. The molecule has 1 heterocycles. The largest absolute Gasteiger partial charge is 0.494 e. The van der Waals surface area contributed by atoms with E-state index in [0.29, 0.717) is 22.7 Å². The number of oxime groups is 1. The topological polar surface area (TPSA) is 99.6 Å². The number of carbonyl (C=O) groups excluding carboxylic acids is 1. The van der Waals surface area contributed by atoms with Crippen molar-refractivity contribution in [2.75, 3.05) is 12.4 Å². The van der Waals surface area contributed by atoms with Crippen LogP contribution in [0.3, 0.4) is 0 Å². The van der Waals surface area contributed by atoms with Crippen molar-refractivity contribution >= 4 is 28.2 Å². The first-order valence-corrected chi connectivity index (χ1v) is 6.91. The quantitative estimate of drug-likeness (QED) is 0.260. The van der Waals surface area contributed by atoms with Gasteiger partial charge in [0, 0.05) is 17.0 Å². The van der Waals surface area contributed by atoms with Gasteiger partial charge < -0.3 is 15.3 Å². The number of nitrogens with one attached hydrogen (secondary N) is 2. The number of benzene rings is 1. The molecule has 0 bridgehead atoms. The van der Waals surface area contributed by atoms with Gasteiger partial charge in [0.25, 0.3) is 5.91 Å². The minimum atomic E-state index is -0.255. The van der Waals surface area contributed by atoms with Crippen LogP contribution < -0.4 is 10.1 Å². The fraction of sp³-hybridized carbons (Fsp3) is 0.188. The van der Waals surface area contributed by atoms with Crippen LogP contribution >= 0.6 is 0 Å². The molecule has 0 spiro atoms. The average molecular weight is 314 g/mol. The van der Waals surface area contributed by atoms with Gasteiger partial charge in [-0.15, -0.1) is 0 Å². The molecule has 0 unspecified atom stereocenters. The number of hydrogen-bond donors (Lipinski definition) is 3. The van der Waals surface area contributed by atoms with Gasteiger partial charge in [0.2, 0.25) is 0 Å². The molecule has 0 saturated carbocycles. The molecule has 120 valence electrons. The molecule has 0 aliphatic heterocycles. The molecule has 0 radical (unpaired) electrons. The van der Waals surface area contributed by atoms with E-state index >= 15 is 0 Å². The molecule has 7 nitrogen and oxygen atoms in total. The number of aromatic nitrogens is 2. The molecule has 3 N–H and O–H groups in total. The summed E-state index contributed by atoms with van der Waals surface area (Å²) in [6, 6.07) is 3.57. The van der Waals surface area contributed by atoms with Crippen molar-refractivity contribution < 1.29 is 14.7 Å². The van der Waals surface area contributed by atoms with Crippen LogP contribution in [-0.4, -0.2) is 34.1 Å². The second kappa shape index (κ2) is 7.26. The standard InChI is InChI=1S/C16H18N4O3/c1-10(5-4-6-11(2)20-22)16(21)18-14-7-12-9-17-19-13(12)8-15(14)23-3/h4-9,22H,1-3H3,(H,17,19)(H,18,21)/b6-4-,10-5+,20-11+. The van der Waals surface area contributed by atoms with Gasteiger partial charge >= 0.3 is 0 Å². The van der Waals surface area contributed by atoms with E-state index in [0.717, 1.165) is 10.9 Å². The van der Waals surface area contributed by atoms with E-state index in [1.807, 2.05) is 0 Å². The second-order valence-electron chi connectivity index (χ2n) is 4.91. The lowest BCUT2D eigenvalue weighted by molar-refractivity contribution is -0.112. The maximum Gasteiger partial charge on any atom is 0.251 e. The number of fused-ring (bicyclic) bond motifs is 1. The summed E-state index contributed by atoms with van der Waals surface area (Å²) in [6.07, 6.45) is 6.54. The van der Waals surface area contributed by atoms with Crippen LogP contribution in [0.4, 0.5) is 5.69 Å². The van der Waals surface area contributed by atoms with Crippen LogP contribution in [0.25, 0.3) is 10.9 Å². The highest BCUT2D eigenvalue weighted by Crippen LogP contribution is 2.29. The Morgan fingerprint density at radius 1 is 1.43 bits per heavy atom. The summed E-state index contributed by atoms with van der Waals surface area (Å²) in [5, 5.41) is 22.0. The second-order valence-corrected chi connectivity index (χ2v) is 4.91. The number of ether oxygens (including phenoxy) is 1. The molecule has 0 atom stereocenters. The fourth-order valence-electron chi connectivity index (χ4n) is 1.90. The number of nitrogens with zero attached hydrogens (tertiary/aromatic N) is 2. The molecule has 2 aromatic rings. The molecule has 0 saturated heterocycles. The summed E-state index contributed by atoms with van der Waals surface area (Å²) in [4.78, 5) is 12.2. The van der Waals surface area contributed by atoms with Crippen LogP contribution in [0.1, 0.15) is 13.8 Å². The van der Waals surface area contributed by atoms with Crippen molar-refractivity contribution in [1.29, 1.82) is 0 Å². The average Bonchev–Trinajstić information content (AvgIpc) is 3.00. The van der Waals surface area contributed by atoms with E-state index in [2.05, 4.69) is 20.7 Å². The number of H-pyrrole nitrogens is 1. The highest BCUT2D eigenvalue weighted by molar-refractivity contribution is 6.05. The lowest BCUT2D eigenvalue weighted by Gasteiger charge is -2.10. The van der Waals surface area contributed by atoms with Crippen LogP contribution in [0.5, 0.6) is 5.75 Å². The monoisotopic (exact) mass is 314 g/mol. The summed E-state index contributed by atoms with van der Waals surface area (Å²) in [6.45, 7) is 3.33. The first-order chi connectivity index (χ1) is 11.0. The molecular weight excluding hydrogens is 296 g/mol. The Morgan fingerprint density at radius 3 is 2.91 bits per heavy atom. The predicted octanol–water partition coefficient (Wildman–Crippen LogP) is 2.86. The Bertz CT molecular complexity index is 803. The Hall–Kier alpha value is -3.09. The summed E-state index contributed by atoms with van der Waals surface area (Å²) < 4.78 is 5.29. The summed E-state index contributed by atoms with van der Waals surface area (Å²) in [5.74, 6) is 0.288. The summed E-state index contributed by atoms with van der Waals surface area (Å²) in [5.41, 5.74) is 2.34. The van der Waals surface area contributed by atoms with Gasteiger partial charge in [0.1, 0.15) is 5.75 Å². The van der Waals surface area contributed by atoms with E-state index in [9.17, 15) is 4.79 Å². The maximum atomic E-state index is 12.2. The van der Waals surface area contributed by atoms with Crippen LogP contribution in [-0.2, 0) is 4.79 Å². The third-order valence-electron chi connectivity index (χ3n) is 3.21. The Balaban J connectivity index is 2.19. The van der Waals surface area contributed by atoms with Crippen molar-refractivity contribution in [2.24, 2.45) is 5.16 Å². The molecule has 1 aromatic carbocycles. The van der Waals surface area contributed by atoms with Gasteiger partial charge in [0.15, 0.2) is 0 Å². The van der Waals surface area contributed by atoms with E-state index < -0.39 is 0 Å². The van der Waals surface area contributed by atoms with Gasteiger partial charge in [-0.3, -0.25) is 9.89 Å². The lowest BCUT2D eigenvalue weighted by atomic mass is 10.2. The Kier molecular flexibility index (Phi) is 5.14. The Morgan fingerprint density at radius 2 is 2.22 bits per heavy atom. The number of carbonyl (C=O) groups is 1. The SMILES string of the molecule is COc1cc2[nH]ncc2cc1NC(=O)/C(C)=C/C=C\C(C)=N\O. The number of hydrogen-bond acceptors (Lipinski definition) is 5. The number of rotatable bonds is 5. The molecule has 0 aliphatic rings. The molecule has 23 heavy (non-hydrogen) atoms. The van der Waals surface area contributed by atoms with Gasteiger partial charge in [0.05, 0.1) is 30.2 Å². The first kappa shape index (κ1) is 16.3. The molecule has 7 heteroatoms. The molecule has 0 fully saturated rings. The Labute approximate surface area is 133 Å². The summed E-state index contributed by atoms with van der Waals surface area (Å²) >= 11 is 0.